The van der Waals surface area contributed by atoms with Crippen LogP contribution in [-0.2, 0) is 14.4 Å². The van der Waals surface area contributed by atoms with Gasteiger partial charge in [0, 0.05) is 11.8 Å². The van der Waals surface area contributed by atoms with E-state index in [0.29, 0.717) is 0 Å². The molecular formula is C7H14ClNO3. The summed E-state index contributed by atoms with van der Waals surface area (Å²) in [6, 6.07) is 0. The molecule has 0 aromatic rings. The Bertz CT molecular complexity index is 161. The molecule has 0 aromatic heterocycles. The van der Waals surface area contributed by atoms with Crippen LogP contribution in [0.4, 0.5) is 0 Å². The molecule has 0 fully saturated rings. The van der Waals surface area contributed by atoms with Crippen LogP contribution in [0.15, 0.2) is 0 Å². The van der Waals surface area contributed by atoms with Crippen molar-refractivity contribution in [2.75, 3.05) is 14.2 Å². The summed E-state index contributed by atoms with van der Waals surface area (Å²) in [5, 5.41) is 0. The van der Waals surface area contributed by atoms with Crippen molar-refractivity contribution in [3.8, 4) is 0 Å². The number of carbonyl (C=O) groups is 1. The van der Waals surface area contributed by atoms with Gasteiger partial charge in [0.1, 0.15) is 0 Å². The van der Waals surface area contributed by atoms with Crippen LogP contribution >= 0.6 is 11.8 Å². The van der Waals surface area contributed by atoms with Crippen molar-refractivity contribution in [2.24, 2.45) is 0 Å². The maximum absolute atomic E-state index is 10.9. The van der Waals surface area contributed by atoms with Crippen molar-refractivity contribution in [2.45, 2.75) is 25.8 Å². The summed E-state index contributed by atoms with van der Waals surface area (Å²) in [6.45, 7) is 3.56. The maximum atomic E-state index is 10.9. The highest BCUT2D eigenvalue weighted by atomic mass is 35.5. The fourth-order valence-electron chi connectivity index (χ4n) is 0.735. The van der Waals surface area contributed by atoms with Gasteiger partial charge < -0.3 is 4.74 Å². The van der Waals surface area contributed by atoms with E-state index >= 15 is 0 Å². The minimum Gasteiger partial charge on any atom is -0.469 e. The van der Waals surface area contributed by atoms with E-state index in [9.17, 15) is 4.79 Å². The maximum Gasteiger partial charge on any atom is 0.307 e. The van der Waals surface area contributed by atoms with Crippen LogP contribution in [-0.4, -0.2) is 30.3 Å². The molecule has 72 valence electrons. The summed E-state index contributed by atoms with van der Waals surface area (Å²) in [4.78, 5) is 15.6. The Morgan fingerprint density at radius 2 is 2.00 bits per heavy atom. The molecular weight excluding hydrogens is 182 g/mol. The first-order valence-electron chi connectivity index (χ1n) is 3.51. The number of hydrogen-bond donors (Lipinski definition) is 0. The lowest BCUT2D eigenvalue weighted by Crippen LogP contribution is -2.38. The van der Waals surface area contributed by atoms with Gasteiger partial charge in [-0.25, -0.2) is 0 Å². The second kappa shape index (κ2) is 4.64. The van der Waals surface area contributed by atoms with Gasteiger partial charge in [-0.1, -0.05) is 4.58 Å². The second-order valence-corrected chi connectivity index (χ2v) is 3.30. The van der Waals surface area contributed by atoms with Gasteiger partial charge in [0.25, 0.3) is 0 Å². The van der Waals surface area contributed by atoms with Crippen molar-refractivity contribution in [3.63, 3.8) is 0 Å². The van der Waals surface area contributed by atoms with E-state index in [1.165, 1.54) is 14.2 Å². The Kier molecular flexibility index (Phi) is 4.52. The van der Waals surface area contributed by atoms with Crippen molar-refractivity contribution in [1.82, 2.24) is 4.58 Å². The minimum absolute atomic E-state index is 0.181. The molecule has 0 rings (SSSR count). The highest BCUT2D eigenvalue weighted by Gasteiger charge is 2.29. The highest BCUT2D eigenvalue weighted by Crippen LogP contribution is 2.21. The fraction of sp³-hybridized carbons (Fsp3) is 0.857. The zero-order chi connectivity index (χ0) is 9.78. The molecule has 0 heterocycles. The smallest absolute Gasteiger partial charge is 0.307 e. The number of hydroxylamine groups is 1. The van der Waals surface area contributed by atoms with Gasteiger partial charge in [-0.15, -0.1) is 0 Å². The van der Waals surface area contributed by atoms with Gasteiger partial charge in [0.2, 0.25) is 0 Å². The Morgan fingerprint density at radius 1 is 1.50 bits per heavy atom. The van der Waals surface area contributed by atoms with E-state index in [2.05, 4.69) is 4.74 Å². The van der Waals surface area contributed by atoms with Gasteiger partial charge in [-0.2, -0.15) is 0 Å². The molecule has 0 atom stereocenters. The van der Waals surface area contributed by atoms with Crippen LogP contribution in [0.1, 0.15) is 20.3 Å². The molecule has 0 radical (unpaired) electrons. The van der Waals surface area contributed by atoms with E-state index in [1.54, 1.807) is 13.8 Å². The van der Waals surface area contributed by atoms with E-state index in [0.717, 1.165) is 4.58 Å². The number of halogens is 1. The summed E-state index contributed by atoms with van der Waals surface area (Å²) < 4.78 is 5.60. The van der Waals surface area contributed by atoms with E-state index in [-0.39, 0.29) is 12.4 Å². The zero-order valence-corrected chi connectivity index (χ0v) is 8.51. The lowest BCUT2D eigenvalue weighted by atomic mass is 10.0. The van der Waals surface area contributed by atoms with E-state index in [1.807, 2.05) is 0 Å². The first-order valence-corrected chi connectivity index (χ1v) is 3.85. The van der Waals surface area contributed by atoms with Crippen LogP contribution in [0.25, 0.3) is 0 Å². The van der Waals surface area contributed by atoms with Crippen LogP contribution in [0, 0.1) is 0 Å². The van der Waals surface area contributed by atoms with Crippen LogP contribution in [0.2, 0.25) is 0 Å². The summed E-state index contributed by atoms with van der Waals surface area (Å²) in [5.41, 5.74) is -0.566. The van der Waals surface area contributed by atoms with E-state index < -0.39 is 5.54 Å². The summed E-state index contributed by atoms with van der Waals surface area (Å²) >= 11 is 5.66. The molecule has 0 unspecified atom stereocenters. The van der Waals surface area contributed by atoms with Gasteiger partial charge >= 0.3 is 5.97 Å². The van der Waals surface area contributed by atoms with Gasteiger partial charge in [-0.05, 0) is 13.8 Å². The lowest BCUT2D eigenvalue weighted by Gasteiger charge is -2.29. The predicted octanol–water partition coefficient (Wildman–Crippen LogP) is 1.35. The minimum atomic E-state index is -0.566. The SMILES string of the molecule is COC(=O)CC(C)(C)N(Cl)OC. The molecule has 0 saturated carbocycles. The molecule has 0 aliphatic rings. The summed E-state index contributed by atoms with van der Waals surface area (Å²) in [7, 11) is 2.77. The first kappa shape index (κ1) is 11.7. The number of nitrogens with zero attached hydrogens (tertiary/aromatic N) is 1. The quantitative estimate of drug-likeness (QED) is 0.386. The molecule has 0 amide bonds. The van der Waals surface area contributed by atoms with Crippen molar-refractivity contribution in [1.29, 1.82) is 0 Å². The van der Waals surface area contributed by atoms with Crippen LogP contribution < -0.4 is 0 Å². The Morgan fingerprint density at radius 3 is 2.33 bits per heavy atom. The third kappa shape index (κ3) is 3.38. The average Bonchev–Trinajstić information content (AvgIpc) is 2.02. The first-order chi connectivity index (χ1) is 5.44. The van der Waals surface area contributed by atoms with Crippen molar-refractivity contribution < 1.29 is 14.4 Å². The third-order valence-electron chi connectivity index (χ3n) is 1.44. The number of rotatable bonds is 4. The third-order valence-corrected chi connectivity index (χ3v) is 2.04. The Balaban J connectivity index is 4.11. The standard InChI is InChI=1S/C7H14ClNO3/c1-7(2,9(8)12-4)5-6(10)11-3/h5H2,1-4H3. The summed E-state index contributed by atoms with van der Waals surface area (Å²) in [5.74, 6) is -0.317. The molecule has 5 heteroatoms. The molecule has 0 aliphatic heterocycles. The van der Waals surface area contributed by atoms with Crippen molar-refractivity contribution >= 4 is 17.7 Å². The largest absolute Gasteiger partial charge is 0.469 e. The van der Waals surface area contributed by atoms with E-state index in [4.69, 9.17) is 16.6 Å². The van der Waals surface area contributed by atoms with Gasteiger partial charge in [0.15, 0.2) is 0 Å². The molecule has 0 bridgehead atoms. The topological polar surface area (TPSA) is 38.8 Å². The number of hydrogen-bond acceptors (Lipinski definition) is 4. The van der Waals surface area contributed by atoms with Gasteiger partial charge in [0.05, 0.1) is 26.2 Å². The second-order valence-electron chi connectivity index (χ2n) is 2.99. The molecule has 0 spiro atoms. The zero-order valence-electron chi connectivity index (χ0n) is 7.76. The van der Waals surface area contributed by atoms with Crippen molar-refractivity contribution in [3.05, 3.63) is 0 Å². The number of esters is 1. The Hall–Kier alpha value is -0.320. The number of methoxy groups -OCH3 is 1. The lowest BCUT2D eigenvalue weighted by molar-refractivity contribution is -0.153. The van der Waals surface area contributed by atoms with Crippen LogP contribution in [0.3, 0.4) is 0 Å². The molecule has 0 N–H and O–H groups in total. The molecule has 0 aliphatic carbocycles. The molecule has 4 nitrogen and oxygen atoms in total. The molecule has 0 saturated heterocycles. The van der Waals surface area contributed by atoms with Gasteiger partial charge in [-0.3, -0.25) is 9.63 Å². The molecule has 12 heavy (non-hydrogen) atoms. The number of carbonyl (C=O) groups excluding carboxylic acids is 1. The highest BCUT2D eigenvalue weighted by molar-refractivity contribution is 6.13. The average molecular weight is 196 g/mol. The normalized spacial score (nSPS) is 11.8. The fourth-order valence-corrected chi connectivity index (χ4v) is 0.794. The Labute approximate surface area is 77.4 Å². The number of ether oxygens (including phenoxy) is 1. The van der Waals surface area contributed by atoms with Crippen LogP contribution in [0.5, 0.6) is 0 Å². The predicted molar refractivity (Wildman–Crippen MR) is 45.4 cm³/mol. The summed E-state index contributed by atoms with van der Waals surface area (Å²) in [6.07, 6.45) is 0.181. The monoisotopic (exact) mass is 195 g/mol. The molecule has 0 aromatic carbocycles.